The van der Waals surface area contributed by atoms with Gasteiger partial charge in [0.25, 0.3) is 0 Å². The summed E-state index contributed by atoms with van der Waals surface area (Å²) in [7, 11) is 0. The molecule has 0 saturated carbocycles. The van der Waals surface area contributed by atoms with E-state index in [1.165, 1.54) is 24.8 Å². The fourth-order valence-corrected chi connectivity index (χ4v) is 4.77. The highest BCUT2D eigenvalue weighted by molar-refractivity contribution is 5.98. The molecule has 2 aromatic rings. The van der Waals surface area contributed by atoms with Gasteiger partial charge in [-0.05, 0) is 23.8 Å². The highest BCUT2D eigenvalue weighted by atomic mass is 19.1. The van der Waals surface area contributed by atoms with Crippen molar-refractivity contribution in [2.75, 3.05) is 49.1 Å². The summed E-state index contributed by atoms with van der Waals surface area (Å²) in [5.74, 6) is -1.11. The number of ketones is 1. The third-order valence-corrected chi connectivity index (χ3v) is 7.05. The summed E-state index contributed by atoms with van der Waals surface area (Å²) in [5.41, 5.74) is 2.13. The molecule has 0 radical (unpaired) electrons. The Morgan fingerprint density at radius 3 is 2.24 bits per heavy atom. The Balaban J connectivity index is 1.24. The first-order chi connectivity index (χ1) is 19.6. The molecule has 41 heavy (non-hydrogen) atoms. The van der Waals surface area contributed by atoms with Crippen LogP contribution in [-0.4, -0.2) is 79.9 Å². The predicted molar refractivity (Wildman–Crippen MR) is 149 cm³/mol. The molecule has 4 amide bonds. The van der Waals surface area contributed by atoms with E-state index in [1.54, 1.807) is 41.3 Å². The second-order valence-electron chi connectivity index (χ2n) is 10.1. The molecule has 0 spiro atoms. The number of ether oxygens (including phenoxy) is 1. The minimum Gasteiger partial charge on any atom is -0.442 e. The third-order valence-electron chi connectivity index (χ3n) is 7.05. The molecule has 2 aliphatic rings. The van der Waals surface area contributed by atoms with Crippen LogP contribution in [0.2, 0.25) is 0 Å². The number of piperazine rings is 1. The summed E-state index contributed by atoms with van der Waals surface area (Å²) < 4.78 is 20.3. The number of amides is 4. The average molecular weight is 568 g/mol. The molecular weight excluding hydrogens is 533 g/mol. The summed E-state index contributed by atoms with van der Waals surface area (Å²) >= 11 is 0. The molecule has 2 aromatic carbocycles. The van der Waals surface area contributed by atoms with Crippen molar-refractivity contribution in [2.45, 2.75) is 39.3 Å². The number of benzene rings is 2. The fourth-order valence-electron chi connectivity index (χ4n) is 4.77. The minimum atomic E-state index is -0.600. The largest absolute Gasteiger partial charge is 0.442 e. The highest BCUT2D eigenvalue weighted by Gasteiger charge is 2.33. The van der Waals surface area contributed by atoms with Gasteiger partial charge in [-0.15, -0.1) is 0 Å². The van der Waals surface area contributed by atoms with Gasteiger partial charge in [-0.1, -0.05) is 24.3 Å². The van der Waals surface area contributed by atoms with Gasteiger partial charge in [0.1, 0.15) is 11.9 Å². The van der Waals surface area contributed by atoms with Crippen LogP contribution in [0.4, 0.5) is 20.6 Å². The number of halogens is 1. The zero-order chi connectivity index (χ0) is 29.5. The van der Waals surface area contributed by atoms with Crippen LogP contribution in [-0.2, 0) is 25.7 Å². The Morgan fingerprint density at radius 1 is 0.927 bits per heavy atom. The zero-order valence-electron chi connectivity index (χ0n) is 23.2. The number of nitrogens with zero attached hydrogens (tertiary/aromatic N) is 3. The maximum atomic E-state index is 15.1. The first-order valence-corrected chi connectivity index (χ1v) is 13.5. The van der Waals surface area contributed by atoms with Crippen molar-refractivity contribution in [2.24, 2.45) is 0 Å². The zero-order valence-corrected chi connectivity index (χ0v) is 23.2. The van der Waals surface area contributed by atoms with Gasteiger partial charge in [-0.25, -0.2) is 9.18 Å². The second-order valence-corrected chi connectivity index (χ2v) is 10.1. The molecule has 218 valence electrons. The Morgan fingerprint density at radius 2 is 1.61 bits per heavy atom. The quantitative estimate of drug-likeness (QED) is 0.422. The summed E-state index contributed by atoms with van der Waals surface area (Å²) in [4.78, 5) is 64.6. The van der Waals surface area contributed by atoms with E-state index < -0.39 is 18.0 Å². The van der Waals surface area contributed by atoms with Crippen molar-refractivity contribution < 1.29 is 33.1 Å². The van der Waals surface area contributed by atoms with Crippen molar-refractivity contribution in [3.63, 3.8) is 0 Å². The van der Waals surface area contributed by atoms with Crippen molar-refractivity contribution >= 4 is 41.0 Å². The number of carbonyl (C=O) groups is 5. The second kappa shape index (κ2) is 13.2. The summed E-state index contributed by atoms with van der Waals surface area (Å²) in [6.45, 7) is 5.23. The molecule has 0 bridgehead atoms. The fraction of sp³-hybridized carbons (Fsp3) is 0.414. The normalized spacial score (nSPS) is 16.8. The number of Topliss-reactive ketones (excluding diaryl/α,β-unsaturated/α-hetero) is 1. The average Bonchev–Trinajstić information content (AvgIpc) is 3.34. The molecule has 2 aliphatic heterocycles. The lowest BCUT2D eigenvalue weighted by Crippen LogP contribution is -2.49. The maximum absolute atomic E-state index is 15.1. The molecule has 2 N–H and O–H groups in total. The molecule has 0 unspecified atom stereocenters. The topological polar surface area (TPSA) is 128 Å². The summed E-state index contributed by atoms with van der Waals surface area (Å²) in [6, 6.07) is 11.5. The number of rotatable bonds is 10. The monoisotopic (exact) mass is 567 g/mol. The maximum Gasteiger partial charge on any atom is 0.414 e. The van der Waals surface area contributed by atoms with Crippen LogP contribution < -0.4 is 20.4 Å². The van der Waals surface area contributed by atoms with Gasteiger partial charge in [0, 0.05) is 65.0 Å². The van der Waals surface area contributed by atoms with E-state index in [0.717, 1.165) is 5.56 Å². The van der Waals surface area contributed by atoms with Crippen molar-refractivity contribution in [3.8, 4) is 0 Å². The predicted octanol–water partition coefficient (Wildman–Crippen LogP) is 2.23. The molecule has 0 aliphatic carbocycles. The van der Waals surface area contributed by atoms with E-state index in [9.17, 15) is 24.0 Å². The van der Waals surface area contributed by atoms with Crippen LogP contribution in [0.3, 0.4) is 0 Å². The van der Waals surface area contributed by atoms with Crippen LogP contribution in [0, 0.1) is 5.82 Å². The molecule has 1 atom stereocenters. The minimum absolute atomic E-state index is 0.0877. The number of anilines is 2. The summed E-state index contributed by atoms with van der Waals surface area (Å²) in [5, 5.41) is 5.30. The molecular formula is C29H34FN5O6. The highest BCUT2D eigenvalue weighted by Crippen LogP contribution is 2.28. The van der Waals surface area contributed by atoms with Crippen molar-refractivity contribution in [1.29, 1.82) is 0 Å². The van der Waals surface area contributed by atoms with Gasteiger partial charge in [-0.2, -0.15) is 0 Å². The molecule has 2 heterocycles. The van der Waals surface area contributed by atoms with Crippen LogP contribution in [0.5, 0.6) is 0 Å². The molecule has 2 fully saturated rings. The Bertz CT molecular complexity index is 1310. The van der Waals surface area contributed by atoms with Gasteiger partial charge in [-0.3, -0.25) is 24.1 Å². The van der Waals surface area contributed by atoms with Crippen LogP contribution in [0.1, 0.15) is 42.6 Å². The van der Waals surface area contributed by atoms with E-state index in [1.807, 2.05) is 4.90 Å². The lowest BCUT2D eigenvalue weighted by Gasteiger charge is -2.36. The standard InChI is InChI=1S/C29H34FN5O6/c1-19(36)31-16-21-3-5-22(6-4-21)27(38)9-10-28(39)34-13-11-33(12-14-34)26-8-7-23(15-25(26)30)35-18-24(41-29(35)40)17-32-20(2)37/h3-8,15,24H,9-14,16-18H2,1-2H3,(H,31,36)(H,32,37)/t24-/m0/s1. The lowest BCUT2D eigenvalue weighted by atomic mass is 10.0. The number of hydrogen-bond acceptors (Lipinski definition) is 7. The van der Waals surface area contributed by atoms with E-state index in [4.69, 9.17) is 4.74 Å². The number of hydrogen-bond donors (Lipinski definition) is 2. The molecule has 12 heteroatoms. The van der Waals surface area contributed by atoms with Gasteiger partial charge >= 0.3 is 6.09 Å². The van der Waals surface area contributed by atoms with E-state index in [2.05, 4.69) is 10.6 Å². The first-order valence-electron chi connectivity index (χ1n) is 13.5. The van der Waals surface area contributed by atoms with E-state index in [0.29, 0.717) is 49.7 Å². The Hall–Kier alpha value is -4.48. The van der Waals surface area contributed by atoms with Gasteiger partial charge < -0.3 is 25.2 Å². The van der Waals surface area contributed by atoms with Crippen molar-refractivity contribution in [1.82, 2.24) is 15.5 Å². The number of nitrogens with one attached hydrogen (secondary N) is 2. The molecule has 0 aromatic heterocycles. The Kier molecular flexibility index (Phi) is 9.53. The SMILES string of the molecule is CC(=O)NCc1ccc(C(=O)CCC(=O)N2CCN(c3ccc(N4C[C@H](CNC(C)=O)OC4=O)cc3F)CC2)cc1. The van der Waals surface area contributed by atoms with E-state index >= 15 is 4.39 Å². The van der Waals surface area contributed by atoms with Gasteiger partial charge in [0.15, 0.2) is 5.78 Å². The number of carbonyl (C=O) groups excluding carboxylic acids is 5. The van der Waals surface area contributed by atoms with E-state index in [-0.39, 0.29) is 49.4 Å². The van der Waals surface area contributed by atoms with Crippen LogP contribution >= 0.6 is 0 Å². The Labute approximate surface area is 237 Å². The number of cyclic esters (lactones) is 1. The smallest absolute Gasteiger partial charge is 0.414 e. The third kappa shape index (κ3) is 7.80. The van der Waals surface area contributed by atoms with Crippen molar-refractivity contribution in [3.05, 3.63) is 59.4 Å². The lowest BCUT2D eigenvalue weighted by molar-refractivity contribution is -0.131. The molecule has 4 rings (SSSR count). The first kappa shape index (κ1) is 29.5. The molecule has 2 saturated heterocycles. The van der Waals surface area contributed by atoms with Gasteiger partial charge in [0.2, 0.25) is 17.7 Å². The molecule has 11 nitrogen and oxygen atoms in total. The van der Waals surface area contributed by atoms with Crippen LogP contribution in [0.25, 0.3) is 0 Å². The van der Waals surface area contributed by atoms with Crippen LogP contribution in [0.15, 0.2) is 42.5 Å². The van der Waals surface area contributed by atoms with Gasteiger partial charge in [0.05, 0.1) is 24.5 Å². The summed E-state index contributed by atoms with van der Waals surface area (Å²) in [6.07, 6.45) is -0.941.